The average Bonchev–Trinajstić information content (AvgIpc) is 2.91. The third-order valence-electron chi connectivity index (χ3n) is 2.69. The zero-order valence-electron chi connectivity index (χ0n) is 11.1. The van der Waals surface area contributed by atoms with Gasteiger partial charge in [0.05, 0.1) is 0 Å². The molecule has 1 heterocycles. The molecule has 7 heteroatoms. The maximum atomic E-state index is 12.1. The van der Waals surface area contributed by atoms with Crippen LogP contribution in [0, 0.1) is 6.92 Å². The molecular formula is C14H13NO4S2. The second-order valence-corrected chi connectivity index (χ2v) is 7.14. The number of benzene rings is 1. The molecule has 1 aromatic carbocycles. The minimum atomic E-state index is -3.57. The van der Waals surface area contributed by atoms with E-state index < -0.39 is 16.0 Å². The summed E-state index contributed by atoms with van der Waals surface area (Å²) in [6.45, 7) is 1.78. The standard InChI is InChI=1S/C14H13NO4S2/c1-10-9-12(6-4-11(10)5-7-13(16)17)15-21(18,19)14-3-2-8-20-14/h2-9,15H,1H3,(H,16,17). The second kappa shape index (κ2) is 6.11. The first-order valence-corrected chi connectivity index (χ1v) is 8.33. The maximum absolute atomic E-state index is 12.1. The highest BCUT2D eigenvalue weighted by atomic mass is 32.2. The van der Waals surface area contributed by atoms with Gasteiger partial charge in [-0.25, -0.2) is 13.2 Å². The van der Waals surface area contributed by atoms with Crippen LogP contribution < -0.4 is 4.72 Å². The van der Waals surface area contributed by atoms with Gasteiger partial charge in [-0.1, -0.05) is 12.1 Å². The molecule has 0 aliphatic rings. The third kappa shape index (κ3) is 3.93. The Hall–Kier alpha value is -2.12. The predicted octanol–water partition coefficient (Wildman–Crippen LogP) is 2.96. The molecule has 0 spiro atoms. The second-order valence-electron chi connectivity index (χ2n) is 4.28. The molecule has 5 nitrogen and oxygen atoms in total. The molecule has 0 radical (unpaired) electrons. The van der Waals surface area contributed by atoms with Crippen molar-refractivity contribution in [1.82, 2.24) is 0 Å². The van der Waals surface area contributed by atoms with Crippen molar-refractivity contribution in [3.63, 3.8) is 0 Å². The minimum Gasteiger partial charge on any atom is -0.478 e. The number of carboxylic acids is 1. The fourth-order valence-corrected chi connectivity index (χ4v) is 3.75. The molecule has 0 saturated heterocycles. The topological polar surface area (TPSA) is 83.5 Å². The SMILES string of the molecule is Cc1cc(NS(=O)(=O)c2cccs2)ccc1C=CC(=O)O. The van der Waals surface area contributed by atoms with Crippen LogP contribution in [-0.2, 0) is 14.8 Å². The van der Waals surface area contributed by atoms with Gasteiger partial charge in [0.2, 0.25) is 0 Å². The van der Waals surface area contributed by atoms with E-state index in [4.69, 9.17) is 5.11 Å². The summed E-state index contributed by atoms with van der Waals surface area (Å²) in [6.07, 6.45) is 2.51. The van der Waals surface area contributed by atoms with E-state index in [1.165, 1.54) is 12.1 Å². The molecule has 0 aliphatic carbocycles. The van der Waals surface area contributed by atoms with Crippen LogP contribution in [0.15, 0.2) is 46.0 Å². The van der Waals surface area contributed by atoms with E-state index in [0.29, 0.717) is 5.69 Å². The molecule has 0 saturated carbocycles. The van der Waals surface area contributed by atoms with Crippen molar-refractivity contribution in [2.45, 2.75) is 11.1 Å². The van der Waals surface area contributed by atoms with E-state index >= 15 is 0 Å². The van der Waals surface area contributed by atoms with Crippen molar-refractivity contribution in [2.24, 2.45) is 0 Å². The Balaban J connectivity index is 2.23. The van der Waals surface area contributed by atoms with Crippen LogP contribution in [0.25, 0.3) is 6.08 Å². The van der Waals surface area contributed by atoms with E-state index in [-0.39, 0.29) is 4.21 Å². The summed E-state index contributed by atoms with van der Waals surface area (Å²) >= 11 is 1.14. The number of aliphatic carboxylic acids is 1. The molecule has 0 bridgehead atoms. The molecule has 0 aliphatic heterocycles. The lowest BCUT2D eigenvalue weighted by Gasteiger charge is -2.08. The number of carboxylic acid groups (broad SMARTS) is 1. The van der Waals surface area contributed by atoms with Gasteiger partial charge in [-0.3, -0.25) is 4.72 Å². The Morgan fingerprint density at radius 1 is 1.33 bits per heavy atom. The molecule has 110 valence electrons. The molecular weight excluding hydrogens is 310 g/mol. The zero-order valence-corrected chi connectivity index (χ0v) is 12.7. The van der Waals surface area contributed by atoms with Crippen LogP contribution in [0.4, 0.5) is 5.69 Å². The molecule has 1 aromatic heterocycles. The van der Waals surface area contributed by atoms with Crippen LogP contribution in [0.2, 0.25) is 0 Å². The molecule has 0 fully saturated rings. The van der Waals surface area contributed by atoms with Gasteiger partial charge < -0.3 is 5.11 Å². The highest BCUT2D eigenvalue weighted by Gasteiger charge is 2.15. The van der Waals surface area contributed by atoms with Crippen molar-refractivity contribution in [2.75, 3.05) is 4.72 Å². The fourth-order valence-electron chi connectivity index (χ4n) is 1.71. The van der Waals surface area contributed by atoms with E-state index in [1.54, 1.807) is 36.6 Å². The molecule has 0 atom stereocenters. The van der Waals surface area contributed by atoms with Crippen LogP contribution in [0.3, 0.4) is 0 Å². The molecule has 2 N–H and O–H groups in total. The zero-order chi connectivity index (χ0) is 15.5. The average molecular weight is 323 g/mol. The summed E-state index contributed by atoms with van der Waals surface area (Å²) in [5.74, 6) is -1.03. The molecule has 0 unspecified atom stereocenters. The van der Waals surface area contributed by atoms with E-state index in [9.17, 15) is 13.2 Å². The summed E-state index contributed by atoms with van der Waals surface area (Å²) in [6, 6.07) is 8.13. The number of sulfonamides is 1. The lowest BCUT2D eigenvalue weighted by atomic mass is 10.1. The van der Waals surface area contributed by atoms with Crippen LogP contribution in [0.5, 0.6) is 0 Å². The number of hydrogen-bond acceptors (Lipinski definition) is 4. The van der Waals surface area contributed by atoms with Crippen LogP contribution >= 0.6 is 11.3 Å². The molecule has 2 aromatic rings. The number of rotatable bonds is 5. The number of anilines is 1. The van der Waals surface area contributed by atoms with E-state index in [2.05, 4.69) is 4.72 Å². The van der Waals surface area contributed by atoms with Gasteiger partial charge in [0, 0.05) is 11.8 Å². The van der Waals surface area contributed by atoms with Crippen LogP contribution in [-0.4, -0.2) is 19.5 Å². The smallest absolute Gasteiger partial charge is 0.328 e. The first-order chi connectivity index (χ1) is 9.88. The van der Waals surface area contributed by atoms with Crippen molar-refractivity contribution in [3.05, 3.63) is 52.9 Å². The Bertz CT molecular complexity index is 777. The van der Waals surface area contributed by atoms with Crippen molar-refractivity contribution in [3.8, 4) is 0 Å². The normalized spacial score (nSPS) is 11.7. The summed E-state index contributed by atoms with van der Waals surface area (Å²) < 4.78 is 26.9. The monoisotopic (exact) mass is 323 g/mol. The molecule has 2 rings (SSSR count). The van der Waals surface area contributed by atoms with Crippen molar-refractivity contribution >= 4 is 39.1 Å². The quantitative estimate of drug-likeness (QED) is 0.829. The lowest BCUT2D eigenvalue weighted by Crippen LogP contribution is -2.11. The minimum absolute atomic E-state index is 0.245. The van der Waals surface area contributed by atoms with Gasteiger partial charge in [0.15, 0.2) is 0 Å². The molecule has 0 amide bonds. The van der Waals surface area contributed by atoms with Crippen molar-refractivity contribution in [1.29, 1.82) is 0 Å². The maximum Gasteiger partial charge on any atom is 0.328 e. The molecule has 21 heavy (non-hydrogen) atoms. The third-order valence-corrected chi connectivity index (χ3v) is 5.47. The van der Waals surface area contributed by atoms with Gasteiger partial charge >= 0.3 is 5.97 Å². The van der Waals surface area contributed by atoms with Crippen LogP contribution in [0.1, 0.15) is 11.1 Å². The Morgan fingerprint density at radius 3 is 2.67 bits per heavy atom. The number of carbonyl (C=O) groups is 1. The van der Waals surface area contributed by atoms with Gasteiger partial charge in [-0.15, -0.1) is 11.3 Å². The Kier molecular flexibility index (Phi) is 4.44. The summed E-state index contributed by atoms with van der Waals surface area (Å²) in [4.78, 5) is 10.5. The fraction of sp³-hybridized carbons (Fsp3) is 0.0714. The lowest BCUT2D eigenvalue weighted by molar-refractivity contribution is -0.131. The predicted molar refractivity (Wildman–Crippen MR) is 83.0 cm³/mol. The Labute approximate surface area is 126 Å². The summed E-state index contributed by atoms with van der Waals surface area (Å²) in [5.41, 5.74) is 1.93. The van der Waals surface area contributed by atoms with E-state index in [0.717, 1.165) is 28.5 Å². The van der Waals surface area contributed by atoms with Gasteiger partial charge in [-0.05, 0) is 47.7 Å². The first-order valence-electron chi connectivity index (χ1n) is 5.96. The van der Waals surface area contributed by atoms with Gasteiger partial charge in [0.25, 0.3) is 10.0 Å². The first kappa shape index (κ1) is 15.3. The van der Waals surface area contributed by atoms with Gasteiger partial charge in [-0.2, -0.15) is 0 Å². The number of nitrogens with one attached hydrogen (secondary N) is 1. The van der Waals surface area contributed by atoms with Crippen molar-refractivity contribution < 1.29 is 18.3 Å². The summed E-state index contributed by atoms with van der Waals surface area (Å²) in [5, 5.41) is 10.3. The number of hydrogen-bond donors (Lipinski definition) is 2. The Morgan fingerprint density at radius 2 is 2.10 bits per heavy atom. The highest BCUT2D eigenvalue weighted by molar-refractivity contribution is 7.94. The number of thiophene rings is 1. The summed E-state index contributed by atoms with van der Waals surface area (Å²) in [7, 11) is -3.57. The van der Waals surface area contributed by atoms with E-state index in [1.807, 2.05) is 0 Å². The van der Waals surface area contributed by atoms with Gasteiger partial charge in [0.1, 0.15) is 4.21 Å². The highest BCUT2D eigenvalue weighted by Crippen LogP contribution is 2.22. The number of aryl methyl sites for hydroxylation is 1. The largest absolute Gasteiger partial charge is 0.478 e.